The predicted octanol–water partition coefficient (Wildman–Crippen LogP) is 3.92. The number of ether oxygens (including phenoxy) is 2. The van der Waals surface area contributed by atoms with Gasteiger partial charge < -0.3 is 19.5 Å². The van der Waals surface area contributed by atoms with E-state index in [1.807, 2.05) is 31.2 Å². The molecule has 1 heterocycles. The van der Waals surface area contributed by atoms with Crippen LogP contribution in [-0.4, -0.2) is 48.6 Å². The molecule has 3 rings (SSSR count). The molecule has 6 nitrogen and oxygen atoms in total. The van der Waals surface area contributed by atoms with Crippen molar-refractivity contribution in [3.8, 4) is 5.75 Å². The van der Waals surface area contributed by atoms with Gasteiger partial charge >= 0.3 is 0 Å². The number of methoxy groups -OCH3 is 1. The molecule has 0 bridgehead atoms. The predicted molar refractivity (Wildman–Crippen MR) is 113 cm³/mol. The first kappa shape index (κ1) is 21.1. The fraction of sp³-hybridized carbons (Fsp3) is 0.273. The summed E-state index contributed by atoms with van der Waals surface area (Å²) in [5.41, 5.74) is 1.23. The third kappa shape index (κ3) is 4.36. The summed E-state index contributed by atoms with van der Waals surface area (Å²) in [7, 11) is 1.53. The number of carbonyl (C=O) groups is 2. The molecule has 1 fully saturated rings. The number of nitrogens with zero attached hydrogens (tertiary/aromatic N) is 1. The molecule has 0 spiro atoms. The first-order chi connectivity index (χ1) is 14.0. The number of ketones is 1. The van der Waals surface area contributed by atoms with Crippen LogP contribution in [-0.2, 0) is 14.3 Å². The minimum atomic E-state index is -0.711. The van der Waals surface area contributed by atoms with Crippen LogP contribution in [0.5, 0.6) is 5.75 Å². The Labute approximate surface area is 177 Å². The van der Waals surface area contributed by atoms with E-state index in [9.17, 15) is 14.7 Å². The summed E-state index contributed by atoms with van der Waals surface area (Å²) in [5.74, 6) is -0.915. The average Bonchev–Trinajstić information content (AvgIpc) is 2.97. The molecule has 2 aromatic carbocycles. The molecular weight excluding hydrogens is 438 g/mol. The number of aliphatic hydroxyl groups excluding tert-OH is 1. The molecule has 1 saturated heterocycles. The third-order valence-electron chi connectivity index (χ3n) is 4.68. The molecule has 1 aliphatic heterocycles. The molecule has 1 amide bonds. The Balaban J connectivity index is 2.10. The zero-order valence-corrected chi connectivity index (χ0v) is 17.8. The Bertz CT molecular complexity index is 938. The summed E-state index contributed by atoms with van der Waals surface area (Å²) < 4.78 is 11.3. The molecular formula is C22H22BrNO5. The molecule has 1 N–H and O–H groups in total. The highest BCUT2D eigenvalue weighted by molar-refractivity contribution is 9.10. The van der Waals surface area contributed by atoms with Gasteiger partial charge in [-0.05, 0) is 48.9 Å². The Morgan fingerprint density at radius 1 is 1.17 bits per heavy atom. The number of aliphatic hydroxyl groups is 1. The fourth-order valence-corrected chi connectivity index (χ4v) is 3.77. The molecule has 1 aliphatic rings. The maximum atomic E-state index is 12.8. The van der Waals surface area contributed by atoms with Crippen molar-refractivity contribution in [2.24, 2.45) is 0 Å². The van der Waals surface area contributed by atoms with Crippen LogP contribution >= 0.6 is 15.9 Å². The van der Waals surface area contributed by atoms with E-state index in [1.54, 1.807) is 24.3 Å². The zero-order chi connectivity index (χ0) is 21.0. The molecule has 0 radical (unpaired) electrons. The van der Waals surface area contributed by atoms with Gasteiger partial charge in [-0.1, -0.05) is 28.1 Å². The van der Waals surface area contributed by atoms with Crippen molar-refractivity contribution in [1.82, 2.24) is 4.90 Å². The molecule has 0 saturated carbocycles. The Kier molecular flexibility index (Phi) is 6.71. The minimum absolute atomic E-state index is 0.0633. The summed E-state index contributed by atoms with van der Waals surface area (Å²) in [6.45, 7) is 2.92. The number of hydrogen-bond acceptors (Lipinski definition) is 5. The Morgan fingerprint density at radius 3 is 2.52 bits per heavy atom. The van der Waals surface area contributed by atoms with Crippen LogP contribution in [0.25, 0.3) is 5.76 Å². The number of likely N-dealkylation sites (tertiary alicyclic amines) is 1. The van der Waals surface area contributed by atoms with Crippen molar-refractivity contribution in [1.29, 1.82) is 0 Å². The number of rotatable bonds is 7. The van der Waals surface area contributed by atoms with Crippen LogP contribution in [0.1, 0.15) is 24.1 Å². The second-order valence-electron chi connectivity index (χ2n) is 6.50. The molecule has 0 unspecified atom stereocenters. The van der Waals surface area contributed by atoms with E-state index in [-0.39, 0.29) is 24.5 Å². The molecule has 0 aromatic heterocycles. The monoisotopic (exact) mass is 459 g/mol. The maximum Gasteiger partial charge on any atom is 0.295 e. The lowest BCUT2D eigenvalue weighted by Gasteiger charge is -2.25. The Hall–Kier alpha value is -2.64. The highest BCUT2D eigenvalue weighted by Gasteiger charge is 2.45. The van der Waals surface area contributed by atoms with Crippen LogP contribution in [0.15, 0.2) is 58.6 Å². The van der Waals surface area contributed by atoms with Gasteiger partial charge in [0.25, 0.3) is 11.7 Å². The number of hydrogen-bond donors (Lipinski definition) is 1. The first-order valence-corrected chi connectivity index (χ1v) is 10.0. The zero-order valence-electron chi connectivity index (χ0n) is 16.2. The normalized spacial score (nSPS) is 18.3. The van der Waals surface area contributed by atoms with E-state index >= 15 is 0 Å². The summed E-state index contributed by atoms with van der Waals surface area (Å²) in [6, 6.07) is 13.4. The number of halogens is 1. The standard InChI is InChI=1S/C22H22BrNO5/c1-3-29-17-9-7-14(8-10-17)20(25)18-19(15-5-4-6-16(23)13-15)24(11-12-28-2)22(27)21(18)26/h4-10,13,19,25H,3,11-12H2,1-2H3/b20-18+/t19-/m0/s1. The lowest BCUT2D eigenvalue weighted by atomic mass is 9.95. The summed E-state index contributed by atoms with van der Waals surface area (Å²) >= 11 is 3.43. The molecule has 1 atom stereocenters. The molecule has 152 valence electrons. The summed E-state index contributed by atoms with van der Waals surface area (Å²) in [4.78, 5) is 27.0. The van der Waals surface area contributed by atoms with E-state index in [2.05, 4.69) is 15.9 Å². The second-order valence-corrected chi connectivity index (χ2v) is 7.41. The van der Waals surface area contributed by atoms with Crippen molar-refractivity contribution in [2.75, 3.05) is 26.9 Å². The SMILES string of the molecule is CCOc1ccc(/C(O)=C2\C(=O)C(=O)N(CCOC)[C@H]2c2cccc(Br)c2)cc1. The summed E-state index contributed by atoms with van der Waals surface area (Å²) in [5, 5.41) is 11.0. The van der Waals surface area contributed by atoms with Gasteiger partial charge in [-0.3, -0.25) is 9.59 Å². The van der Waals surface area contributed by atoms with Crippen molar-refractivity contribution < 1.29 is 24.2 Å². The van der Waals surface area contributed by atoms with Crippen LogP contribution < -0.4 is 4.74 Å². The van der Waals surface area contributed by atoms with Gasteiger partial charge in [0, 0.05) is 23.7 Å². The molecule has 2 aromatic rings. The number of benzene rings is 2. The number of carbonyl (C=O) groups excluding carboxylic acids is 2. The average molecular weight is 460 g/mol. The molecule has 0 aliphatic carbocycles. The van der Waals surface area contributed by atoms with Gasteiger partial charge in [-0.25, -0.2) is 0 Å². The van der Waals surface area contributed by atoms with Crippen molar-refractivity contribution in [3.05, 3.63) is 69.7 Å². The van der Waals surface area contributed by atoms with E-state index < -0.39 is 17.7 Å². The summed E-state index contributed by atoms with van der Waals surface area (Å²) in [6.07, 6.45) is 0. The minimum Gasteiger partial charge on any atom is -0.507 e. The smallest absolute Gasteiger partial charge is 0.295 e. The maximum absolute atomic E-state index is 12.8. The van der Waals surface area contributed by atoms with Crippen molar-refractivity contribution in [2.45, 2.75) is 13.0 Å². The molecule has 29 heavy (non-hydrogen) atoms. The number of amides is 1. The largest absolute Gasteiger partial charge is 0.507 e. The highest BCUT2D eigenvalue weighted by Crippen LogP contribution is 2.40. The lowest BCUT2D eigenvalue weighted by Crippen LogP contribution is -2.32. The van der Waals surface area contributed by atoms with Gasteiger partial charge in [-0.2, -0.15) is 0 Å². The van der Waals surface area contributed by atoms with Gasteiger partial charge in [-0.15, -0.1) is 0 Å². The number of Topliss-reactive ketones (excluding diaryl/α,β-unsaturated/α-hetero) is 1. The highest BCUT2D eigenvalue weighted by atomic mass is 79.9. The van der Waals surface area contributed by atoms with Crippen LogP contribution in [0.2, 0.25) is 0 Å². The first-order valence-electron chi connectivity index (χ1n) is 9.24. The van der Waals surface area contributed by atoms with Gasteiger partial charge in [0.2, 0.25) is 0 Å². The van der Waals surface area contributed by atoms with Crippen molar-refractivity contribution >= 4 is 33.4 Å². The lowest BCUT2D eigenvalue weighted by molar-refractivity contribution is -0.140. The topological polar surface area (TPSA) is 76.1 Å². The van der Waals surface area contributed by atoms with Gasteiger partial charge in [0.1, 0.15) is 11.5 Å². The van der Waals surface area contributed by atoms with Crippen LogP contribution in [0.3, 0.4) is 0 Å². The quantitative estimate of drug-likeness (QED) is 0.385. The Morgan fingerprint density at radius 2 is 1.90 bits per heavy atom. The van der Waals surface area contributed by atoms with E-state index in [1.165, 1.54) is 12.0 Å². The van der Waals surface area contributed by atoms with E-state index in [0.29, 0.717) is 17.9 Å². The third-order valence-corrected chi connectivity index (χ3v) is 5.17. The van der Waals surface area contributed by atoms with Gasteiger partial charge in [0.05, 0.1) is 24.8 Å². The van der Waals surface area contributed by atoms with Crippen molar-refractivity contribution in [3.63, 3.8) is 0 Å². The second kappa shape index (κ2) is 9.24. The molecule has 7 heteroatoms. The van der Waals surface area contributed by atoms with Crippen LogP contribution in [0, 0.1) is 0 Å². The van der Waals surface area contributed by atoms with E-state index in [0.717, 1.165) is 10.0 Å². The fourth-order valence-electron chi connectivity index (χ4n) is 3.35. The van der Waals surface area contributed by atoms with E-state index in [4.69, 9.17) is 9.47 Å². The van der Waals surface area contributed by atoms with Gasteiger partial charge in [0.15, 0.2) is 0 Å². The van der Waals surface area contributed by atoms with Crippen LogP contribution in [0.4, 0.5) is 0 Å².